The van der Waals surface area contributed by atoms with Gasteiger partial charge in [-0.15, -0.1) is 0 Å². The van der Waals surface area contributed by atoms with Crippen LogP contribution in [-0.2, 0) is 4.79 Å². The van der Waals surface area contributed by atoms with E-state index < -0.39 is 5.97 Å². The van der Waals surface area contributed by atoms with Crippen LogP contribution < -0.4 is 4.90 Å². The molecule has 0 aromatic carbocycles. The van der Waals surface area contributed by atoms with Crippen LogP contribution in [0.5, 0.6) is 0 Å². The van der Waals surface area contributed by atoms with Crippen LogP contribution in [0.4, 0.5) is 5.69 Å². The predicted molar refractivity (Wildman–Crippen MR) is 88.4 cm³/mol. The number of piperazine rings is 1. The minimum absolute atomic E-state index is 0.353. The molecule has 6 nitrogen and oxygen atoms in total. The molecule has 6 heteroatoms. The fourth-order valence-corrected chi connectivity index (χ4v) is 3.89. The Kier molecular flexibility index (Phi) is 5.43. The first-order valence-electron chi connectivity index (χ1n) is 8.66. The highest BCUT2D eigenvalue weighted by Crippen LogP contribution is 2.31. The molecule has 0 amide bonds. The molecule has 1 aromatic heterocycles. The van der Waals surface area contributed by atoms with Gasteiger partial charge < -0.3 is 10.0 Å². The first kappa shape index (κ1) is 16.2. The molecule has 23 heavy (non-hydrogen) atoms. The third-order valence-electron chi connectivity index (χ3n) is 5.25. The third-order valence-corrected chi connectivity index (χ3v) is 5.25. The Morgan fingerprint density at radius 2 is 1.78 bits per heavy atom. The van der Waals surface area contributed by atoms with Crippen molar-refractivity contribution in [3.8, 4) is 0 Å². The van der Waals surface area contributed by atoms with E-state index >= 15 is 0 Å². The van der Waals surface area contributed by atoms with Gasteiger partial charge in [-0.25, -0.2) is 0 Å². The Balaban J connectivity index is 1.39. The van der Waals surface area contributed by atoms with Crippen molar-refractivity contribution in [2.24, 2.45) is 11.8 Å². The van der Waals surface area contributed by atoms with Gasteiger partial charge in [-0.3, -0.25) is 9.69 Å². The fraction of sp³-hybridized carbons (Fsp3) is 0.706. The van der Waals surface area contributed by atoms with Gasteiger partial charge in [-0.05, 0) is 43.6 Å². The Morgan fingerprint density at radius 1 is 1.09 bits per heavy atom. The van der Waals surface area contributed by atoms with Crippen molar-refractivity contribution in [3.05, 3.63) is 18.5 Å². The van der Waals surface area contributed by atoms with E-state index in [0.29, 0.717) is 12.3 Å². The van der Waals surface area contributed by atoms with Gasteiger partial charge in [0.15, 0.2) is 0 Å². The molecule has 0 atom stereocenters. The molecule has 2 aliphatic rings. The number of aromatic nitrogens is 2. The fourth-order valence-electron chi connectivity index (χ4n) is 3.89. The molecule has 126 valence electrons. The molecule has 0 radical (unpaired) electrons. The number of rotatable bonds is 5. The number of nitrogens with zero attached hydrogens (tertiary/aromatic N) is 4. The summed E-state index contributed by atoms with van der Waals surface area (Å²) < 4.78 is 0. The molecule has 1 aliphatic heterocycles. The molecule has 1 N–H and O–H groups in total. The minimum atomic E-state index is -0.643. The normalized spacial score (nSPS) is 26.2. The van der Waals surface area contributed by atoms with Gasteiger partial charge in [-0.2, -0.15) is 10.2 Å². The van der Waals surface area contributed by atoms with Crippen molar-refractivity contribution < 1.29 is 9.90 Å². The monoisotopic (exact) mass is 318 g/mol. The van der Waals surface area contributed by atoms with Gasteiger partial charge in [-0.1, -0.05) is 0 Å². The highest BCUT2D eigenvalue weighted by Gasteiger charge is 2.26. The maximum Gasteiger partial charge on any atom is 0.303 e. The number of hydrogen-bond acceptors (Lipinski definition) is 5. The average molecular weight is 318 g/mol. The lowest BCUT2D eigenvalue weighted by Gasteiger charge is -2.38. The van der Waals surface area contributed by atoms with Gasteiger partial charge in [0.05, 0.1) is 18.1 Å². The summed E-state index contributed by atoms with van der Waals surface area (Å²) >= 11 is 0. The number of anilines is 1. The van der Waals surface area contributed by atoms with Crippen molar-refractivity contribution in [2.45, 2.75) is 32.1 Å². The number of carboxylic acid groups (broad SMARTS) is 1. The maximum absolute atomic E-state index is 10.8. The van der Waals surface area contributed by atoms with E-state index in [1.807, 2.05) is 12.3 Å². The highest BCUT2D eigenvalue weighted by atomic mass is 16.4. The van der Waals surface area contributed by atoms with E-state index in [9.17, 15) is 4.79 Å². The van der Waals surface area contributed by atoms with E-state index in [1.54, 1.807) is 6.20 Å². The van der Waals surface area contributed by atoms with E-state index in [0.717, 1.165) is 50.6 Å². The second kappa shape index (κ2) is 7.73. The SMILES string of the molecule is O=C(O)CC1CCC(CN2CCN(c3ccnnc3)CC2)CC1. The van der Waals surface area contributed by atoms with Crippen LogP contribution in [0.3, 0.4) is 0 Å². The molecule has 1 aromatic rings. The zero-order valence-electron chi connectivity index (χ0n) is 13.6. The lowest BCUT2D eigenvalue weighted by Crippen LogP contribution is -2.48. The summed E-state index contributed by atoms with van der Waals surface area (Å²) in [6.07, 6.45) is 8.47. The highest BCUT2D eigenvalue weighted by molar-refractivity contribution is 5.67. The molecule has 0 spiro atoms. The Hall–Kier alpha value is -1.69. The first-order chi connectivity index (χ1) is 11.2. The second-order valence-electron chi connectivity index (χ2n) is 6.87. The molecule has 3 rings (SSSR count). The zero-order chi connectivity index (χ0) is 16.1. The summed E-state index contributed by atoms with van der Waals surface area (Å²) in [4.78, 5) is 15.7. The van der Waals surface area contributed by atoms with E-state index in [2.05, 4.69) is 20.0 Å². The Labute approximate surface area is 137 Å². The maximum atomic E-state index is 10.8. The topological polar surface area (TPSA) is 69.6 Å². The summed E-state index contributed by atoms with van der Waals surface area (Å²) in [5, 5.41) is 16.7. The van der Waals surface area contributed by atoms with E-state index in [4.69, 9.17) is 5.11 Å². The van der Waals surface area contributed by atoms with Crippen LogP contribution in [0.1, 0.15) is 32.1 Å². The molecule has 0 unspecified atom stereocenters. The van der Waals surface area contributed by atoms with Crippen LogP contribution in [0.15, 0.2) is 18.5 Å². The third kappa shape index (κ3) is 4.64. The molecule has 1 saturated heterocycles. The Bertz CT molecular complexity index is 495. The molecule has 0 bridgehead atoms. The lowest BCUT2D eigenvalue weighted by atomic mass is 9.80. The quantitative estimate of drug-likeness (QED) is 0.894. The van der Waals surface area contributed by atoms with Crippen LogP contribution in [-0.4, -0.2) is 58.9 Å². The summed E-state index contributed by atoms with van der Waals surface area (Å²) in [5.74, 6) is 0.504. The van der Waals surface area contributed by atoms with Crippen LogP contribution in [0.2, 0.25) is 0 Å². The predicted octanol–water partition coefficient (Wildman–Crippen LogP) is 1.88. The van der Waals surface area contributed by atoms with E-state index in [-0.39, 0.29) is 0 Å². The first-order valence-corrected chi connectivity index (χ1v) is 8.66. The number of hydrogen-bond donors (Lipinski definition) is 1. The average Bonchev–Trinajstić information content (AvgIpc) is 2.58. The second-order valence-corrected chi connectivity index (χ2v) is 6.87. The van der Waals surface area contributed by atoms with Gasteiger partial charge in [0, 0.05) is 39.1 Å². The lowest BCUT2D eigenvalue weighted by molar-refractivity contribution is -0.138. The van der Waals surface area contributed by atoms with Crippen LogP contribution in [0, 0.1) is 11.8 Å². The number of carboxylic acids is 1. The number of carbonyl (C=O) groups is 1. The van der Waals surface area contributed by atoms with Crippen molar-refractivity contribution in [1.29, 1.82) is 0 Å². The smallest absolute Gasteiger partial charge is 0.303 e. The summed E-state index contributed by atoms with van der Waals surface area (Å²) in [6.45, 7) is 5.44. The molecular formula is C17H26N4O2. The Morgan fingerprint density at radius 3 is 2.39 bits per heavy atom. The summed E-state index contributed by atoms with van der Waals surface area (Å²) in [5.41, 5.74) is 1.16. The van der Waals surface area contributed by atoms with Gasteiger partial charge in [0.1, 0.15) is 0 Å². The zero-order valence-corrected chi connectivity index (χ0v) is 13.6. The van der Waals surface area contributed by atoms with Crippen LogP contribution >= 0.6 is 0 Å². The van der Waals surface area contributed by atoms with Crippen molar-refractivity contribution in [2.75, 3.05) is 37.6 Å². The molecular weight excluding hydrogens is 292 g/mol. The van der Waals surface area contributed by atoms with Gasteiger partial charge in [0.25, 0.3) is 0 Å². The van der Waals surface area contributed by atoms with Gasteiger partial charge >= 0.3 is 5.97 Å². The summed E-state index contributed by atoms with van der Waals surface area (Å²) in [6, 6.07) is 2.02. The molecule has 2 fully saturated rings. The van der Waals surface area contributed by atoms with Gasteiger partial charge in [0.2, 0.25) is 0 Å². The standard InChI is InChI=1S/C17H26N4O2/c22-17(23)11-14-1-3-15(4-2-14)13-20-7-9-21(10-8-20)16-5-6-18-19-12-16/h5-6,12,14-15H,1-4,7-11,13H2,(H,22,23). The number of aliphatic carboxylic acids is 1. The van der Waals surface area contributed by atoms with Crippen molar-refractivity contribution in [1.82, 2.24) is 15.1 Å². The molecule has 1 aliphatic carbocycles. The van der Waals surface area contributed by atoms with Crippen molar-refractivity contribution in [3.63, 3.8) is 0 Å². The molecule has 2 heterocycles. The molecule has 1 saturated carbocycles. The largest absolute Gasteiger partial charge is 0.481 e. The van der Waals surface area contributed by atoms with Crippen molar-refractivity contribution >= 4 is 11.7 Å². The van der Waals surface area contributed by atoms with Crippen LogP contribution in [0.25, 0.3) is 0 Å². The van der Waals surface area contributed by atoms with E-state index in [1.165, 1.54) is 19.4 Å². The summed E-state index contributed by atoms with van der Waals surface area (Å²) in [7, 11) is 0. The minimum Gasteiger partial charge on any atom is -0.481 e.